The van der Waals surface area contributed by atoms with Gasteiger partial charge in [0.15, 0.2) is 0 Å². The van der Waals surface area contributed by atoms with Gasteiger partial charge in [0.2, 0.25) is 0 Å². The van der Waals surface area contributed by atoms with Crippen LogP contribution in [0.25, 0.3) is 0 Å². The van der Waals surface area contributed by atoms with Gasteiger partial charge in [-0.15, -0.1) is 0 Å². The first kappa shape index (κ1) is 15.9. The van der Waals surface area contributed by atoms with E-state index in [0.717, 1.165) is 19.6 Å². The minimum Gasteiger partial charge on any atom is -0.329 e. The van der Waals surface area contributed by atoms with E-state index < -0.39 is 0 Å². The Balaban J connectivity index is 2.79. The van der Waals surface area contributed by atoms with Gasteiger partial charge < -0.3 is 10.6 Å². The van der Waals surface area contributed by atoms with Crippen molar-refractivity contribution < 1.29 is 0 Å². The predicted molar refractivity (Wildman–Crippen MR) is 79.9 cm³/mol. The van der Waals surface area contributed by atoms with Gasteiger partial charge in [0.25, 0.3) is 0 Å². The van der Waals surface area contributed by atoms with E-state index in [0.29, 0.717) is 6.04 Å². The normalized spacial score (nSPS) is 22.2. The first-order chi connectivity index (χ1) is 8.55. The number of nitrogens with two attached hydrogens (primary N) is 1. The van der Waals surface area contributed by atoms with Crippen molar-refractivity contribution in [3.8, 4) is 0 Å². The lowest BCUT2D eigenvalue weighted by Crippen LogP contribution is -2.58. The molecule has 0 spiro atoms. The van der Waals surface area contributed by atoms with Gasteiger partial charge in [0.1, 0.15) is 0 Å². The molecule has 1 aliphatic carbocycles. The van der Waals surface area contributed by atoms with E-state index in [-0.39, 0.29) is 5.54 Å². The lowest BCUT2D eigenvalue weighted by atomic mass is 9.86. The average molecular weight is 255 g/mol. The molecule has 1 unspecified atom stereocenters. The van der Waals surface area contributed by atoms with Crippen molar-refractivity contribution in [1.29, 1.82) is 0 Å². The van der Waals surface area contributed by atoms with E-state index in [2.05, 4.69) is 37.7 Å². The third kappa shape index (κ3) is 3.94. The smallest absolute Gasteiger partial charge is 0.0334 e. The largest absolute Gasteiger partial charge is 0.329 e. The monoisotopic (exact) mass is 255 g/mol. The minimum atomic E-state index is 0.265. The van der Waals surface area contributed by atoms with Crippen LogP contribution in [0.4, 0.5) is 0 Å². The Labute approximate surface area is 114 Å². The van der Waals surface area contributed by atoms with Crippen LogP contribution < -0.4 is 5.73 Å². The van der Waals surface area contributed by atoms with Crippen molar-refractivity contribution in [3.05, 3.63) is 0 Å². The van der Waals surface area contributed by atoms with E-state index in [1.807, 2.05) is 0 Å². The van der Waals surface area contributed by atoms with E-state index in [1.165, 1.54) is 38.5 Å². The molecular formula is C15H33N3. The maximum atomic E-state index is 6.20. The van der Waals surface area contributed by atoms with Crippen molar-refractivity contribution in [2.24, 2.45) is 5.73 Å². The summed E-state index contributed by atoms with van der Waals surface area (Å²) in [6, 6.07) is 0.589. The third-order valence-corrected chi connectivity index (χ3v) is 4.53. The molecule has 0 saturated heterocycles. The van der Waals surface area contributed by atoms with Gasteiger partial charge in [-0.3, -0.25) is 4.90 Å². The molecule has 0 aromatic rings. The highest BCUT2D eigenvalue weighted by Crippen LogP contribution is 2.33. The molecular weight excluding hydrogens is 222 g/mol. The Hall–Kier alpha value is -0.120. The van der Waals surface area contributed by atoms with Crippen molar-refractivity contribution >= 4 is 0 Å². The molecule has 1 aliphatic rings. The third-order valence-electron chi connectivity index (χ3n) is 4.53. The zero-order chi connectivity index (χ0) is 13.6. The lowest BCUT2D eigenvalue weighted by Gasteiger charge is -2.47. The first-order valence-electron chi connectivity index (χ1n) is 7.67. The van der Waals surface area contributed by atoms with Crippen LogP contribution >= 0.6 is 0 Å². The molecule has 2 N–H and O–H groups in total. The molecule has 18 heavy (non-hydrogen) atoms. The Morgan fingerprint density at radius 2 is 1.67 bits per heavy atom. The maximum Gasteiger partial charge on any atom is 0.0334 e. The maximum absolute atomic E-state index is 6.20. The number of likely N-dealkylation sites (N-methyl/N-ethyl adjacent to an activating group) is 2. The van der Waals surface area contributed by atoms with E-state index in [1.54, 1.807) is 0 Å². The number of hydrogen-bond donors (Lipinski definition) is 1. The fourth-order valence-corrected chi connectivity index (χ4v) is 3.74. The summed E-state index contributed by atoms with van der Waals surface area (Å²) in [4.78, 5) is 4.96. The number of hydrogen-bond acceptors (Lipinski definition) is 3. The summed E-state index contributed by atoms with van der Waals surface area (Å²) < 4.78 is 0. The topological polar surface area (TPSA) is 32.5 Å². The zero-order valence-corrected chi connectivity index (χ0v) is 12.9. The molecule has 108 valence electrons. The van der Waals surface area contributed by atoms with Crippen LogP contribution in [0.5, 0.6) is 0 Å². The molecule has 0 aliphatic heterocycles. The van der Waals surface area contributed by atoms with Crippen molar-refractivity contribution in [3.63, 3.8) is 0 Å². The van der Waals surface area contributed by atoms with E-state index in [9.17, 15) is 0 Å². The van der Waals surface area contributed by atoms with E-state index >= 15 is 0 Å². The quantitative estimate of drug-likeness (QED) is 0.739. The van der Waals surface area contributed by atoms with Crippen LogP contribution in [0.3, 0.4) is 0 Å². The van der Waals surface area contributed by atoms with Crippen LogP contribution in [0, 0.1) is 0 Å². The molecule has 0 aromatic heterocycles. The van der Waals surface area contributed by atoms with Crippen LogP contribution in [-0.4, -0.2) is 55.1 Å². The van der Waals surface area contributed by atoms with Crippen LogP contribution in [0.2, 0.25) is 0 Å². The Morgan fingerprint density at radius 3 is 2.06 bits per heavy atom. The average Bonchev–Trinajstić information content (AvgIpc) is 2.55. The molecule has 0 amide bonds. The highest BCUT2D eigenvalue weighted by molar-refractivity contribution is 4.95. The number of nitrogens with zero attached hydrogens (tertiary/aromatic N) is 2. The highest BCUT2D eigenvalue weighted by atomic mass is 15.3. The molecule has 0 bridgehead atoms. The predicted octanol–water partition coefficient (Wildman–Crippen LogP) is 2.31. The molecule has 1 fully saturated rings. The second kappa shape index (κ2) is 7.46. The molecule has 3 heteroatoms. The minimum absolute atomic E-state index is 0.265. The van der Waals surface area contributed by atoms with Gasteiger partial charge in [-0.25, -0.2) is 0 Å². The Kier molecular flexibility index (Phi) is 6.61. The summed E-state index contributed by atoms with van der Waals surface area (Å²) in [6.45, 7) is 7.70. The van der Waals surface area contributed by atoms with Gasteiger partial charge in [-0.2, -0.15) is 0 Å². The fraction of sp³-hybridized carbons (Fsp3) is 1.00. The molecule has 0 radical (unpaired) electrons. The number of rotatable bonds is 6. The fourth-order valence-electron chi connectivity index (χ4n) is 3.74. The van der Waals surface area contributed by atoms with Crippen molar-refractivity contribution in [2.45, 2.75) is 64.0 Å². The first-order valence-corrected chi connectivity index (χ1v) is 7.67. The lowest BCUT2D eigenvalue weighted by molar-refractivity contribution is 0.0363. The Bertz CT molecular complexity index is 220. The van der Waals surface area contributed by atoms with Gasteiger partial charge >= 0.3 is 0 Å². The molecule has 3 nitrogen and oxygen atoms in total. The summed E-state index contributed by atoms with van der Waals surface area (Å²) in [7, 11) is 4.32. The standard InChI is InChI=1S/C15H33N3/c1-5-18(14(2)12-17(3)4)15(13-16)10-8-6-7-9-11-15/h14H,5-13,16H2,1-4H3. The molecule has 0 aromatic carbocycles. The molecule has 0 heterocycles. The van der Waals surface area contributed by atoms with E-state index in [4.69, 9.17) is 5.73 Å². The van der Waals surface area contributed by atoms with Crippen LogP contribution in [-0.2, 0) is 0 Å². The summed E-state index contributed by atoms with van der Waals surface area (Å²) in [5.74, 6) is 0. The SMILES string of the molecule is CCN(C(C)CN(C)C)C1(CN)CCCCCC1. The highest BCUT2D eigenvalue weighted by Gasteiger charge is 2.37. The van der Waals surface area contributed by atoms with Crippen LogP contribution in [0.1, 0.15) is 52.4 Å². The van der Waals surface area contributed by atoms with Gasteiger partial charge in [-0.05, 0) is 40.4 Å². The summed E-state index contributed by atoms with van der Waals surface area (Å²) in [5.41, 5.74) is 6.46. The van der Waals surface area contributed by atoms with Gasteiger partial charge in [0.05, 0.1) is 0 Å². The van der Waals surface area contributed by atoms with Crippen molar-refractivity contribution in [2.75, 3.05) is 33.7 Å². The molecule has 1 atom stereocenters. The second-order valence-corrected chi connectivity index (χ2v) is 6.24. The zero-order valence-electron chi connectivity index (χ0n) is 12.9. The summed E-state index contributed by atoms with van der Waals surface area (Å²) in [5, 5.41) is 0. The van der Waals surface area contributed by atoms with Crippen molar-refractivity contribution in [1.82, 2.24) is 9.80 Å². The Morgan fingerprint density at radius 1 is 1.11 bits per heavy atom. The van der Waals surface area contributed by atoms with Crippen LogP contribution in [0.15, 0.2) is 0 Å². The molecule has 1 saturated carbocycles. The van der Waals surface area contributed by atoms with Gasteiger partial charge in [0, 0.05) is 24.7 Å². The second-order valence-electron chi connectivity index (χ2n) is 6.24. The summed E-state index contributed by atoms with van der Waals surface area (Å²) in [6.07, 6.45) is 8.05. The summed E-state index contributed by atoms with van der Waals surface area (Å²) >= 11 is 0. The van der Waals surface area contributed by atoms with Gasteiger partial charge in [-0.1, -0.05) is 32.6 Å². The molecule has 1 rings (SSSR count).